The molecule has 1 aromatic carbocycles. The summed E-state index contributed by atoms with van der Waals surface area (Å²) in [4.78, 5) is 2.40. The Morgan fingerprint density at radius 2 is 1.71 bits per heavy atom. The zero-order chi connectivity index (χ0) is 17.1. The van der Waals surface area contributed by atoms with E-state index < -0.39 is 0 Å². The molecule has 1 saturated carbocycles. The van der Waals surface area contributed by atoms with Gasteiger partial charge in [-0.15, -0.1) is 0 Å². The summed E-state index contributed by atoms with van der Waals surface area (Å²) >= 11 is 0. The lowest BCUT2D eigenvalue weighted by molar-refractivity contribution is 0.107. The van der Waals surface area contributed by atoms with Gasteiger partial charge in [0.25, 0.3) is 0 Å². The minimum absolute atomic E-state index is 0.334. The zero-order valence-corrected chi connectivity index (χ0v) is 15.7. The van der Waals surface area contributed by atoms with E-state index in [-0.39, 0.29) is 0 Å². The summed E-state index contributed by atoms with van der Waals surface area (Å²) in [5, 5.41) is 3.67. The van der Waals surface area contributed by atoms with Crippen molar-refractivity contribution >= 4 is 0 Å². The number of nitrogens with zero attached hydrogens (tertiary/aromatic N) is 1. The second-order valence-corrected chi connectivity index (χ2v) is 7.02. The molecule has 0 aromatic heterocycles. The van der Waals surface area contributed by atoms with E-state index in [0.29, 0.717) is 5.41 Å². The van der Waals surface area contributed by atoms with E-state index >= 15 is 0 Å². The van der Waals surface area contributed by atoms with E-state index in [4.69, 9.17) is 4.74 Å². The van der Waals surface area contributed by atoms with Crippen molar-refractivity contribution in [3.63, 3.8) is 0 Å². The van der Waals surface area contributed by atoms with Gasteiger partial charge in [-0.3, -0.25) is 0 Å². The Balaban J connectivity index is 1.70. The standard InChI is InChI=1S/C21H36N2O/c1-3-23(4-2)16-18-24-17-15-22-19-21(13-9-6-10-14-21)20-11-7-5-8-12-20/h5,7-8,11-12,22H,3-4,6,9-10,13-19H2,1-2H3. The molecule has 24 heavy (non-hydrogen) atoms. The maximum atomic E-state index is 5.79. The van der Waals surface area contributed by atoms with E-state index in [1.807, 2.05) is 0 Å². The molecule has 0 spiro atoms. The lowest BCUT2D eigenvalue weighted by atomic mass is 9.69. The topological polar surface area (TPSA) is 24.5 Å². The Bertz CT molecular complexity index is 425. The molecule has 3 nitrogen and oxygen atoms in total. The van der Waals surface area contributed by atoms with Crippen LogP contribution in [0.1, 0.15) is 51.5 Å². The molecule has 1 aromatic rings. The van der Waals surface area contributed by atoms with Crippen LogP contribution in [-0.2, 0) is 10.2 Å². The van der Waals surface area contributed by atoms with Crippen molar-refractivity contribution in [2.24, 2.45) is 0 Å². The van der Waals surface area contributed by atoms with E-state index in [0.717, 1.165) is 45.9 Å². The number of benzene rings is 1. The molecule has 1 N–H and O–H groups in total. The first kappa shape index (κ1) is 19.4. The lowest BCUT2D eigenvalue weighted by Crippen LogP contribution is -2.41. The molecular weight excluding hydrogens is 296 g/mol. The molecule has 0 aliphatic heterocycles. The number of ether oxygens (including phenoxy) is 1. The summed E-state index contributed by atoms with van der Waals surface area (Å²) < 4.78 is 5.79. The average Bonchev–Trinajstić information content (AvgIpc) is 2.65. The molecule has 1 fully saturated rings. The average molecular weight is 333 g/mol. The van der Waals surface area contributed by atoms with Crippen LogP contribution < -0.4 is 5.32 Å². The van der Waals surface area contributed by atoms with Gasteiger partial charge in [0.2, 0.25) is 0 Å². The molecule has 0 radical (unpaired) electrons. The van der Waals surface area contributed by atoms with E-state index in [1.54, 1.807) is 0 Å². The van der Waals surface area contributed by atoms with Crippen molar-refractivity contribution < 1.29 is 4.74 Å². The normalized spacial score (nSPS) is 17.3. The largest absolute Gasteiger partial charge is 0.379 e. The maximum Gasteiger partial charge on any atom is 0.0594 e. The molecule has 0 heterocycles. The first-order valence-corrected chi connectivity index (χ1v) is 9.87. The van der Waals surface area contributed by atoms with Gasteiger partial charge in [0.1, 0.15) is 0 Å². The van der Waals surface area contributed by atoms with Crippen LogP contribution in [0.25, 0.3) is 0 Å². The van der Waals surface area contributed by atoms with Gasteiger partial charge in [0.05, 0.1) is 13.2 Å². The highest BCUT2D eigenvalue weighted by molar-refractivity contribution is 5.26. The van der Waals surface area contributed by atoms with Gasteiger partial charge in [-0.1, -0.05) is 63.4 Å². The molecule has 0 atom stereocenters. The fraction of sp³-hybridized carbons (Fsp3) is 0.714. The smallest absolute Gasteiger partial charge is 0.0594 e. The van der Waals surface area contributed by atoms with Crippen molar-refractivity contribution in [2.45, 2.75) is 51.4 Å². The first-order chi connectivity index (χ1) is 11.8. The Morgan fingerprint density at radius 1 is 1.00 bits per heavy atom. The second kappa shape index (κ2) is 10.9. The summed E-state index contributed by atoms with van der Waals surface area (Å²) in [5.74, 6) is 0. The van der Waals surface area contributed by atoms with Crippen LogP contribution in [0.3, 0.4) is 0 Å². The highest BCUT2D eigenvalue weighted by Crippen LogP contribution is 2.38. The number of nitrogens with one attached hydrogen (secondary N) is 1. The van der Waals surface area contributed by atoms with E-state index in [9.17, 15) is 0 Å². The van der Waals surface area contributed by atoms with Gasteiger partial charge >= 0.3 is 0 Å². The highest BCUT2D eigenvalue weighted by Gasteiger charge is 2.33. The fourth-order valence-electron chi connectivity index (χ4n) is 3.90. The van der Waals surface area contributed by atoms with Gasteiger partial charge in [-0.25, -0.2) is 0 Å². The fourth-order valence-corrected chi connectivity index (χ4v) is 3.90. The van der Waals surface area contributed by atoms with Gasteiger partial charge in [0.15, 0.2) is 0 Å². The zero-order valence-electron chi connectivity index (χ0n) is 15.7. The predicted octanol–water partition coefficient (Wildman–Crippen LogP) is 3.84. The molecule has 136 valence electrons. The van der Waals surface area contributed by atoms with Gasteiger partial charge in [-0.05, 0) is 31.5 Å². The summed E-state index contributed by atoms with van der Waals surface area (Å²) in [7, 11) is 0. The van der Waals surface area contributed by atoms with Gasteiger partial charge in [-0.2, -0.15) is 0 Å². The van der Waals surface area contributed by atoms with Crippen LogP contribution in [0.2, 0.25) is 0 Å². The first-order valence-electron chi connectivity index (χ1n) is 9.87. The molecule has 2 rings (SSSR count). The van der Waals surface area contributed by atoms with E-state index in [2.05, 4.69) is 54.4 Å². The molecule has 1 aliphatic rings. The predicted molar refractivity (Wildman–Crippen MR) is 103 cm³/mol. The Labute approximate surface area is 148 Å². The summed E-state index contributed by atoms with van der Waals surface area (Å²) in [6, 6.07) is 11.1. The lowest BCUT2D eigenvalue weighted by Gasteiger charge is -2.38. The summed E-state index contributed by atoms with van der Waals surface area (Å²) in [6.45, 7) is 11.4. The van der Waals surface area contributed by atoms with Crippen LogP contribution in [0.15, 0.2) is 30.3 Å². The van der Waals surface area contributed by atoms with Crippen molar-refractivity contribution in [3.05, 3.63) is 35.9 Å². The van der Waals surface area contributed by atoms with Crippen LogP contribution in [0.5, 0.6) is 0 Å². The van der Waals surface area contributed by atoms with Gasteiger partial charge in [0, 0.05) is 25.0 Å². The molecule has 0 bridgehead atoms. The Morgan fingerprint density at radius 3 is 2.38 bits per heavy atom. The maximum absolute atomic E-state index is 5.79. The third kappa shape index (κ3) is 5.87. The monoisotopic (exact) mass is 332 g/mol. The van der Waals surface area contributed by atoms with Crippen molar-refractivity contribution in [3.8, 4) is 0 Å². The molecular formula is C21H36N2O. The van der Waals surface area contributed by atoms with Crippen molar-refractivity contribution in [1.29, 1.82) is 0 Å². The third-order valence-corrected chi connectivity index (χ3v) is 5.53. The van der Waals surface area contributed by atoms with Crippen LogP contribution in [-0.4, -0.2) is 50.8 Å². The quantitative estimate of drug-likeness (QED) is 0.623. The van der Waals surface area contributed by atoms with Crippen molar-refractivity contribution in [2.75, 3.05) is 45.9 Å². The molecule has 1 aliphatic carbocycles. The number of likely N-dealkylation sites (N-methyl/N-ethyl adjacent to an activating group) is 1. The van der Waals surface area contributed by atoms with E-state index in [1.165, 1.54) is 37.7 Å². The second-order valence-electron chi connectivity index (χ2n) is 7.02. The van der Waals surface area contributed by atoms with Gasteiger partial charge < -0.3 is 15.0 Å². The molecule has 0 saturated heterocycles. The van der Waals surface area contributed by atoms with Crippen molar-refractivity contribution in [1.82, 2.24) is 10.2 Å². The molecule has 0 unspecified atom stereocenters. The molecule has 3 heteroatoms. The number of hydrogen-bond acceptors (Lipinski definition) is 3. The minimum atomic E-state index is 0.334. The number of rotatable bonds is 11. The Hall–Kier alpha value is -0.900. The Kier molecular flexibility index (Phi) is 8.79. The van der Waals surface area contributed by atoms with Crippen LogP contribution in [0.4, 0.5) is 0 Å². The summed E-state index contributed by atoms with van der Waals surface area (Å²) in [5.41, 5.74) is 1.85. The minimum Gasteiger partial charge on any atom is -0.379 e. The van der Waals surface area contributed by atoms with Crippen LogP contribution in [0, 0.1) is 0 Å². The molecule has 0 amide bonds. The number of hydrogen-bond donors (Lipinski definition) is 1. The SMILES string of the molecule is CCN(CC)CCOCCNCC1(c2ccccc2)CCCCC1. The summed E-state index contributed by atoms with van der Waals surface area (Å²) in [6.07, 6.45) is 6.73. The third-order valence-electron chi connectivity index (χ3n) is 5.53. The highest BCUT2D eigenvalue weighted by atomic mass is 16.5. The van der Waals surface area contributed by atoms with Crippen LogP contribution >= 0.6 is 0 Å².